The number of nitrogens with one attached hydrogen (secondary N) is 2. The van der Waals surface area contributed by atoms with Crippen LogP contribution in [0.1, 0.15) is 26.2 Å². The van der Waals surface area contributed by atoms with E-state index < -0.39 is 0 Å². The Bertz CT molecular complexity index is 189. The quantitative estimate of drug-likeness (QED) is 0.634. The van der Waals surface area contributed by atoms with Crippen LogP contribution in [0.5, 0.6) is 0 Å². The summed E-state index contributed by atoms with van der Waals surface area (Å²) >= 11 is 0. The zero-order valence-electron chi connectivity index (χ0n) is 8.18. The Morgan fingerprint density at radius 2 is 2.46 bits per heavy atom. The smallest absolute Gasteiger partial charge is 0.220 e. The molecule has 0 spiro atoms. The standard InChI is InChI=1S/C10H18N2O/c1-2-3-7-11-9-4-5-10(13)12-8-6-9/h2-3,9,11H,4-8H2,1H3,(H,12,13)/b3-2+. The lowest BCUT2D eigenvalue weighted by molar-refractivity contribution is -0.120. The van der Waals surface area contributed by atoms with Gasteiger partial charge in [-0.3, -0.25) is 4.79 Å². The van der Waals surface area contributed by atoms with Gasteiger partial charge >= 0.3 is 0 Å². The van der Waals surface area contributed by atoms with E-state index in [0.717, 1.165) is 25.9 Å². The van der Waals surface area contributed by atoms with Crippen molar-refractivity contribution in [2.75, 3.05) is 13.1 Å². The first-order valence-electron chi connectivity index (χ1n) is 4.94. The van der Waals surface area contributed by atoms with Crippen LogP contribution in [0.3, 0.4) is 0 Å². The lowest BCUT2D eigenvalue weighted by Gasteiger charge is -2.13. The van der Waals surface area contributed by atoms with Crippen molar-refractivity contribution in [1.82, 2.24) is 10.6 Å². The molecular formula is C10H18N2O. The minimum atomic E-state index is 0.190. The second-order valence-corrected chi connectivity index (χ2v) is 3.35. The van der Waals surface area contributed by atoms with E-state index in [-0.39, 0.29) is 5.91 Å². The molecule has 0 aromatic rings. The third-order valence-corrected chi connectivity index (χ3v) is 2.29. The van der Waals surface area contributed by atoms with Crippen LogP contribution < -0.4 is 10.6 Å². The topological polar surface area (TPSA) is 41.1 Å². The molecule has 3 heteroatoms. The summed E-state index contributed by atoms with van der Waals surface area (Å²) < 4.78 is 0. The highest BCUT2D eigenvalue weighted by atomic mass is 16.1. The first kappa shape index (κ1) is 10.3. The molecule has 1 heterocycles. The van der Waals surface area contributed by atoms with Crippen LogP contribution in [0.15, 0.2) is 12.2 Å². The van der Waals surface area contributed by atoms with Crippen LogP contribution in [-0.2, 0) is 4.79 Å². The fraction of sp³-hybridized carbons (Fsp3) is 0.700. The van der Waals surface area contributed by atoms with Gasteiger partial charge < -0.3 is 10.6 Å². The van der Waals surface area contributed by atoms with Crippen molar-refractivity contribution in [3.05, 3.63) is 12.2 Å². The Balaban J connectivity index is 2.21. The van der Waals surface area contributed by atoms with Gasteiger partial charge in [-0.1, -0.05) is 12.2 Å². The SMILES string of the molecule is C/C=C/CNC1CCNC(=O)CC1. The van der Waals surface area contributed by atoms with Crippen LogP contribution in [0.4, 0.5) is 0 Å². The van der Waals surface area contributed by atoms with E-state index in [4.69, 9.17) is 0 Å². The van der Waals surface area contributed by atoms with E-state index in [0.29, 0.717) is 12.5 Å². The van der Waals surface area contributed by atoms with E-state index >= 15 is 0 Å². The van der Waals surface area contributed by atoms with Crippen molar-refractivity contribution in [1.29, 1.82) is 0 Å². The molecule has 1 fully saturated rings. The summed E-state index contributed by atoms with van der Waals surface area (Å²) in [6.07, 6.45) is 6.80. The number of amides is 1. The Labute approximate surface area is 79.6 Å². The van der Waals surface area contributed by atoms with Crippen molar-refractivity contribution in [3.63, 3.8) is 0 Å². The third kappa shape index (κ3) is 4.08. The average Bonchev–Trinajstić information content (AvgIpc) is 2.32. The van der Waals surface area contributed by atoms with Crippen LogP contribution >= 0.6 is 0 Å². The van der Waals surface area contributed by atoms with Crippen molar-refractivity contribution >= 4 is 5.91 Å². The molecule has 3 nitrogen and oxygen atoms in total. The Morgan fingerprint density at radius 1 is 1.62 bits per heavy atom. The summed E-state index contributed by atoms with van der Waals surface area (Å²) in [5.74, 6) is 0.190. The fourth-order valence-corrected chi connectivity index (χ4v) is 1.48. The highest BCUT2D eigenvalue weighted by molar-refractivity contribution is 5.76. The summed E-state index contributed by atoms with van der Waals surface area (Å²) in [5.41, 5.74) is 0. The normalized spacial score (nSPS) is 24.4. The monoisotopic (exact) mass is 182 g/mol. The molecule has 1 amide bonds. The predicted molar refractivity (Wildman–Crippen MR) is 53.5 cm³/mol. The zero-order chi connectivity index (χ0) is 9.52. The molecule has 0 saturated carbocycles. The summed E-state index contributed by atoms with van der Waals surface area (Å²) in [4.78, 5) is 11.0. The maximum absolute atomic E-state index is 11.0. The van der Waals surface area contributed by atoms with Gasteiger partial charge in [-0.15, -0.1) is 0 Å². The Morgan fingerprint density at radius 3 is 3.23 bits per heavy atom. The number of rotatable bonds is 3. The number of allylic oxidation sites excluding steroid dienone is 1. The van der Waals surface area contributed by atoms with Gasteiger partial charge in [0.15, 0.2) is 0 Å². The largest absolute Gasteiger partial charge is 0.356 e. The molecule has 1 rings (SSSR count). The molecule has 1 saturated heterocycles. The molecule has 0 aromatic carbocycles. The van der Waals surface area contributed by atoms with Crippen LogP contribution in [-0.4, -0.2) is 25.0 Å². The number of carbonyl (C=O) groups excluding carboxylic acids is 1. The molecule has 0 aromatic heterocycles. The molecular weight excluding hydrogens is 164 g/mol. The molecule has 74 valence electrons. The maximum Gasteiger partial charge on any atom is 0.220 e. The second kappa shape index (κ2) is 5.75. The van der Waals surface area contributed by atoms with Crippen LogP contribution in [0.2, 0.25) is 0 Å². The van der Waals surface area contributed by atoms with Crippen LogP contribution in [0, 0.1) is 0 Å². The van der Waals surface area contributed by atoms with Crippen molar-refractivity contribution in [2.24, 2.45) is 0 Å². The molecule has 13 heavy (non-hydrogen) atoms. The third-order valence-electron chi connectivity index (χ3n) is 2.29. The lowest BCUT2D eigenvalue weighted by atomic mass is 10.1. The summed E-state index contributed by atoms with van der Waals surface area (Å²) in [7, 11) is 0. The van der Waals surface area contributed by atoms with Gasteiger partial charge in [-0.05, 0) is 19.8 Å². The zero-order valence-corrected chi connectivity index (χ0v) is 8.18. The van der Waals surface area contributed by atoms with E-state index in [1.165, 1.54) is 0 Å². The summed E-state index contributed by atoms with van der Waals surface area (Å²) in [6.45, 7) is 3.74. The van der Waals surface area contributed by atoms with E-state index in [2.05, 4.69) is 16.7 Å². The van der Waals surface area contributed by atoms with Crippen LogP contribution in [0.25, 0.3) is 0 Å². The maximum atomic E-state index is 11.0. The predicted octanol–water partition coefficient (Wildman–Crippen LogP) is 0.821. The van der Waals surface area contributed by atoms with Gasteiger partial charge in [0.05, 0.1) is 0 Å². The molecule has 2 N–H and O–H groups in total. The molecule has 1 aliphatic rings. The lowest BCUT2D eigenvalue weighted by Crippen LogP contribution is -2.30. The minimum Gasteiger partial charge on any atom is -0.356 e. The Hall–Kier alpha value is -0.830. The van der Waals surface area contributed by atoms with Gasteiger partial charge in [-0.2, -0.15) is 0 Å². The molecule has 1 unspecified atom stereocenters. The molecule has 0 bridgehead atoms. The average molecular weight is 182 g/mol. The Kier molecular flexibility index (Phi) is 4.54. The molecule has 0 aliphatic carbocycles. The molecule has 0 radical (unpaired) electrons. The summed E-state index contributed by atoms with van der Waals surface area (Å²) in [6, 6.07) is 0.496. The van der Waals surface area contributed by atoms with Gasteiger partial charge in [0, 0.05) is 25.6 Å². The first-order valence-corrected chi connectivity index (χ1v) is 4.94. The van der Waals surface area contributed by atoms with Gasteiger partial charge in [0.2, 0.25) is 5.91 Å². The van der Waals surface area contributed by atoms with Crippen molar-refractivity contribution in [3.8, 4) is 0 Å². The van der Waals surface area contributed by atoms with E-state index in [1.54, 1.807) is 0 Å². The number of hydrogen-bond donors (Lipinski definition) is 2. The van der Waals surface area contributed by atoms with E-state index in [1.807, 2.05) is 13.0 Å². The molecule has 1 atom stereocenters. The van der Waals surface area contributed by atoms with Crippen molar-refractivity contribution < 1.29 is 4.79 Å². The fourth-order valence-electron chi connectivity index (χ4n) is 1.48. The first-order chi connectivity index (χ1) is 6.33. The van der Waals surface area contributed by atoms with Gasteiger partial charge in [0.25, 0.3) is 0 Å². The summed E-state index contributed by atoms with van der Waals surface area (Å²) in [5, 5.41) is 6.27. The number of carbonyl (C=O) groups is 1. The van der Waals surface area contributed by atoms with E-state index in [9.17, 15) is 4.79 Å². The second-order valence-electron chi connectivity index (χ2n) is 3.35. The van der Waals surface area contributed by atoms with Gasteiger partial charge in [-0.25, -0.2) is 0 Å². The van der Waals surface area contributed by atoms with Crippen molar-refractivity contribution in [2.45, 2.75) is 32.2 Å². The minimum absolute atomic E-state index is 0.190. The van der Waals surface area contributed by atoms with Gasteiger partial charge in [0.1, 0.15) is 0 Å². The molecule has 1 aliphatic heterocycles. The highest BCUT2D eigenvalue weighted by Crippen LogP contribution is 2.05. The number of hydrogen-bond acceptors (Lipinski definition) is 2. The highest BCUT2D eigenvalue weighted by Gasteiger charge is 2.14.